The van der Waals surface area contributed by atoms with Gasteiger partial charge in [-0.25, -0.2) is 0 Å². The third kappa shape index (κ3) is 5.20. The predicted octanol–water partition coefficient (Wildman–Crippen LogP) is 4.60. The summed E-state index contributed by atoms with van der Waals surface area (Å²) < 4.78 is 12.4. The summed E-state index contributed by atoms with van der Waals surface area (Å²) in [5.74, 6) is 0.428. The Balaban J connectivity index is 1.75. The Morgan fingerprint density at radius 2 is 1.80 bits per heavy atom. The molecule has 4 aromatic rings. The summed E-state index contributed by atoms with van der Waals surface area (Å²) in [6.07, 6.45) is 3.63. The summed E-state index contributed by atoms with van der Waals surface area (Å²) in [7, 11) is 1.54. The lowest BCUT2D eigenvalue weighted by Gasteiger charge is -2.11. The van der Waals surface area contributed by atoms with Gasteiger partial charge in [-0.05, 0) is 66.6 Å². The lowest BCUT2D eigenvalue weighted by atomic mass is 10.1. The van der Waals surface area contributed by atoms with E-state index in [1.54, 1.807) is 60.8 Å². The Bertz CT molecular complexity index is 1500. The number of nitrogens with one attached hydrogen (secondary N) is 1. The molecule has 0 atom stereocenters. The molecule has 0 saturated heterocycles. The van der Waals surface area contributed by atoms with Gasteiger partial charge in [0.15, 0.2) is 0 Å². The van der Waals surface area contributed by atoms with Crippen LogP contribution in [0.15, 0.2) is 83.3 Å². The van der Waals surface area contributed by atoms with Crippen molar-refractivity contribution in [1.82, 2.24) is 9.38 Å². The molecule has 2 heterocycles. The maximum Gasteiger partial charge on any atom is 0.269 e. The van der Waals surface area contributed by atoms with Crippen molar-refractivity contribution in [2.24, 2.45) is 0 Å². The van der Waals surface area contributed by atoms with Gasteiger partial charge in [0.1, 0.15) is 34.4 Å². The van der Waals surface area contributed by atoms with Crippen LogP contribution in [0.3, 0.4) is 0 Å². The number of carbonyl (C=O) groups excluding carboxylic acids is 1. The van der Waals surface area contributed by atoms with E-state index in [0.29, 0.717) is 22.8 Å². The van der Waals surface area contributed by atoms with Crippen LogP contribution < -0.4 is 20.3 Å². The van der Waals surface area contributed by atoms with Crippen LogP contribution >= 0.6 is 0 Å². The van der Waals surface area contributed by atoms with Crippen molar-refractivity contribution in [2.45, 2.75) is 13.3 Å². The molecule has 8 nitrogen and oxygen atoms in total. The normalized spacial score (nSPS) is 11.1. The molecule has 4 rings (SSSR count). The van der Waals surface area contributed by atoms with Crippen LogP contribution in [-0.4, -0.2) is 22.4 Å². The number of carbonyl (C=O) groups is 1. The molecule has 0 unspecified atom stereocenters. The van der Waals surface area contributed by atoms with Crippen LogP contribution in [0.25, 0.3) is 11.7 Å². The molecule has 0 fully saturated rings. The van der Waals surface area contributed by atoms with Gasteiger partial charge in [0.25, 0.3) is 11.5 Å². The molecule has 1 amide bonds. The number of rotatable bonds is 7. The van der Waals surface area contributed by atoms with Gasteiger partial charge in [-0.2, -0.15) is 10.2 Å². The topological polar surface area (TPSA) is 106 Å². The number of methoxy groups -OCH3 is 1. The van der Waals surface area contributed by atoms with Crippen molar-refractivity contribution in [2.75, 3.05) is 12.4 Å². The summed E-state index contributed by atoms with van der Waals surface area (Å²) in [5.41, 5.74) is 1.21. The van der Waals surface area contributed by atoms with Gasteiger partial charge in [-0.15, -0.1) is 0 Å². The molecule has 2 aromatic carbocycles. The van der Waals surface area contributed by atoms with E-state index in [9.17, 15) is 14.9 Å². The molecule has 0 saturated carbocycles. The molecule has 35 heavy (non-hydrogen) atoms. The number of nitriles is 1. The van der Waals surface area contributed by atoms with Gasteiger partial charge in [0.05, 0.1) is 7.11 Å². The summed E-state index contributed by atoms with van der Waals surface area (Å²) in [6, 6.07) is 21.0. The average Bonchev–Trinajstić information content (AvgIpc) is 2.89. The molecule has 174 valence electrons. The molecule has 2 aromatic heterocycles. The minimum atomic E-state index is -0.673. The molecule has 1 N–H and O–H groups in total. The second-order valence-corrected chi connectivity index (χ2v) is 7.52. The molecular formula is C27H22N4O4. The molecule has 0 radical (unpaired) electrons. The van der Waals surface area contributed by atoms with E-state index in [0.717, 1.165) is 12.0 Å². The van der Waals surface area contributed by atoms with E-state index in [1.165, 1.54) is 17.6 Å². The van der Waals surface area contributed by atoms with E-state index < -0.39 is 11.5 Å². The fourth-order valence-corrected chi connectivity index (χ4v) is 3.35. The second kappa shape index (κ2) is 10.4. The van der Waals surface area contributed by atoms with Crippen LogP contribution in [0.1, 0.15) is 18.1 Å². The van der Waals surface area contributed by atoms with E-state index in [-0.39, 0.29) is 17.0 Å². The van der Waals surface area contributed by atoms with E-state index >= 15 is 0 Å². The maximum atomic E-state index is 13.3. The monoisotopic (exact) mass is 466 g/mol. The molecule has 0 aliphatic heterocycles. The number of nitrogens with zero attached hydrogens (tertiary/aromatic N) is 3. The van der Waals surface area contributed by atoms with Crippen LogP contribution in [0.5, 0.6) is 17.4 Å². The highest BCUT2D eigenvalue weighted by atomic mass is 16.5. The second-order valence-electron chi connectivity index (χ2n) is 7.52. The Labute approximate surface area is 201 Å². The van der Waals surface area contributed by atoms with Gasteiger partial charge < -0.3 is 14.8 Å². The Kier molecular flexibility index (Phi) is 6.88. The molecule has 0 aliphatic rings. The molecule has 0 aliphatic carbocycles. The van der Waals surface area contributed by atoms with Crippen molar-refractivity contribution >= 4 is 23.3 Å². The lowest BCUT2D eigenvalue weighted by molar-refractivity contribution is -0.112. The average molecular weight is 466 g/mol. The molecular weight excluding hydrogens is 444 g/mol. The predicted molar refractivity (Wildman–Crippen MR) is 133 cm³/mol. The van der Waals surface area contributed by atoms with E-state index in [2.05, 4.69) is 10.3 Å². The Morgan fingerprint density at radius 3 is 2.46 bits per heavy atom. The number of benzene rings is 2. The molecule has 8 heteroatoms. The minimum Gasteiger partial charge on any atom is -0.497 e. The first-order valence-electron chi connectivity index (χ1n) is 10.9. The standard InChI is InChI=1S/C27H22N4O4/c1-3-18-7-11-22(12-8-18)35-26-23(27(33)31-15-5-4-6-24(31)30-26)16-19(17-28)25(32)29-20-9-13-21(34-2)14-10-20/h4-16H,3H2,1-2H3,(H,29,32). The maximum absolute atomic E-state index is 13.3. The highest BCUT2D eigenvalue weighted by molar-refractivity contribution is 6.09. The van der Waals surface area contributed by atoms with Crippen LogP contribution in [0.4, 0.5) is 5.69 Å². The zero-order valence-electron chi connectivity index (χ0n) is 19.2. The summed E-state index contributed by atoms with van der Waals surface area (Å²) in [5, 5.41) is 12.3. The number of aryl methyl sites for hydroxylation is 1. The number of aromatic nitrogens is 2. The smallest absolute Gasteiger partial charge is 0.269 e. The summed E-state index contributed by atoms with van der Waals surface area (Å²) >= 11 is 0. The largest absolute Gasteiger partial charge is 0.497 e. The van der Waals surface area contributed by atoms with Crippen LogP contribution in [0, 0.1) is 11.3 Å². The zero-order valence-corrected chi connectivity index (χ0v) is 19.2. The van der Waals surface area contributed by atoms with Gasteiger partial charge in [-0.1, -0.05) is 25.1 Å². The molecule has 0 bridgehead atoms. The third-order valence-corrected chi connectivity index (χ3v) is 5.28. The van der Waals surface area contributed by atoms with Crippen molar-refractivity contribution in [3.05, 3.63) is 100.0 Å². The number of ether oxygens (including phenoxy) is 2. The van der Waals surface area contributed by atoms with Crippen molar-refractivity contribution < 1.29 is 14.3 Å². The Morgan fingerprint density at radius 1 is 1.09 bits per heavy atom. The first-order chi connectivity index (χ1) is 17.0. The zero-order chi connectivity index (χ0) is 24.8. The van der Waals surface area contributed by atoms with Gasteiger partial charge >= 0.3 is 0 Å². The van der Waals surface area contributed by atoms with Crippen molar-refractivity contribution in [3.63, 3.8) is 0 Å². The summed E-state index contributed by atoms with van der Waals surface area (Å²) in [4.78, 5) is 30.6. The highest BCUT2D eigenvalue weighted by Gasteiger charge is 2.17. The number of hydrogen-bond acceptors (Lipinski definition) is 6. The number of amides is 1. The van der Waals surface area contributed by atoms with Crippen molar-refractivity contribution in [1.29, 1.82) is 5.26 Å². The number of anilines is 1. The third-order valence-electron chi connectivity index (χ3n) is 5.28. The fraction of sp³-hybridized carbons (Fsp3) is 0.111. The fourth-order valence-electron chi connectivity index (χ4n) is 3.35. The number of pyridine rings is 1. The number of hydrogen-bond donors (Lipinski definition) is 1. The van der Waals surface area contributed by atoms with Gasteiger partial charge in [0, 0.05) is 11.9 Å². The van der Waals surface area contributed by atoms with Gasteiger partial charge in [-0.3, -0.25) is 14.0 Å². The van der Waals surface area contributed by atoms with Crippen LogP contribution in [0.2, 0.25) is 0 Å². The molecule has 0 spiro atoms. The highest BCUT2D eigenvalue weighted by Crippen LogP contribution is 2.25. The van der Waals surface area contributed by atoms with E-state index in [4.69, 9.17) is 9.47 Å². The van der Waals surface area contributed by atoms with Gasteiger partial charge in [0.2, 0.25) is 5.88 Å². The lowest BCUT2D eigenvalue weighted by Crippen LogP contribution is -2.20. The van der Waals surface area contributed by atoms with E-state index in [1.807, 2.05) is 25.1 Å². The quantitative estimate of drug-likeness (QED) is 0.315. The SMILES string of the molecule is CCc1ccc(Oc2nc3ccccn3c(=O)c2C=C(C#N)C(=O)Nc2ccc(OC)cc2)cc1. The van der Waals surface area contributed by atoms with Crippen molar-refractivity contribution in [3.8, 4) is 23.4 Å². The first kappa shape index (κ1) is 23.3. The summed E-state index contributed by atoms with van der Waals surface area (Å²) in [6.45, 7) is 2.05. The van der Waals surface area contributed by atoms with Crippen LogP contribution in [-0.2, 0) is 11.2 Å². The Hall–Kier alpha value is -4.90. The minimum absolute atomic E-state index is 0.00422. The first-order valence-corrected chi connectivity index (χ1v) is 10.9. The number of fused-ring (bicyclic) bond motifs is 1.